The minimum absolute atomic E-state index is 0.0968. The van der Waals surface area contributed by atoms with Crippen molar-refractivity contribution in [3.63, 3.8) is 0 Å². The molecule has 4 atom stereocenters. The number of primary amides is 1. The summed E-state index contributed by atoms with van der Waals surface area (Å²) in [5, 5.41) is 33.8. The van der Waals surface area contributed by atoms with Crippen LogP contribution in [0.4, 0.5) is 0 Å². The summed E-state index contributed by atoms with van der Waals surface area (Å²) in [5.74, 6) is -6.45. The molecule has 0 aromatic heterocycles. The van der Waals surface area contributed by atoms with Crippen LogP contribution in [0, 0.1) is 0 Å². The zero-order chi connectivity index (χ0) is 25.6. The van der Waals surface area contributed by atoms with Crippen LogP contribution >= 0.6 is 0 Å². The molecule has 33 heavy (non-hydrogen) atoms. The van der Waals surface area contributed by atoms with Crippen LogP contribution in [-0.2, 0) is 28.8 Å². The Bertz CT molecular complexity index is 718. The Balaban J connectivity index is 5.25. The number of amides is 4. The largest absolute Gasteiger partial charge is 0.481 e. The van der Waals surface area contributed by atoms with Gasteiger partial charge in [0.15, 0.2) is 0 Å². The van der Waals surface area contributed by atoms with Crippen LogP contribution in [0.3, 0.4) is 0 Å². The highest BCUT2D eigenvalue weighted by molar-refractivity contribution is 5.95. The third-order valence-corrected chi connectivity index (χ3v) is 4.42. The summed E-state index contributed by atoms with van der Waals surface area (Å²) in [6.07, 6.45) is -0.215. The third-order valence-electron chi connectivity index (χ3n) is 4.42. The minimum atomic E-state index is -1.67. The molecule has 0 saturated carbocycles. The molecule has 0 heterocycles. The van der Waals surface area contributed by atoms with Gasteiger partial charge in [0.2, 0.25) is 23.6 Å². The summed E-state index contributed by atoms with van der Waals surface area (Å²) in [5.41, 5.74) is 16.0. The lowest BCUT2D eigenvalue weighted by Crippen LogP contribution is -2.58. The Labute approximate surface area is 189 Å². The van der Waals surface area contributed by atoms with E-state index in [2.05, 4.69) is 10.6 Å². The van der Waals surface area contributed by atoms with E-state index in [1.807, 2.05) is 5.32 Å². The van der Waals surface area contributed by atoms with Gasteiger partial charge in [-0.25, -0.2) is 4.79 Å². The van der Waals surface area contributed by atoms with E-state index < -0.39 is 72.8 Å². The first kappa shape index (κ1) is 29.7. The molecule has 0 aliphatic heterocycles. The highest BCUT2D eigenvalue weighted by Gasteiger charge is 2.30. The van der Waals surface area contributed by atoms with Crippen LogP contribution in [0.1, 0.15) is 38.5 Å². The molecular formula is C18H32N6O9. The highest BCUT2D eigenvalue weighted by atomic mass is 16.4. The molecule has 0 bridgehead atoms. The first-order valence-electron chi connectivity index (χ1n) is 10.1. The molecule has 0 unspecified atom stereocenters. The third kappa shape index (κ3) is 12.4. The predicted molar refractivity (Wildman–Crippen MR) is 112 cm³/mol. The van der Waals surface area contributed by atoms with Gasteiger partial charge in [-0.15, -0.1) is 0 Å². The van der Waals surface area contributed by atoms with Crippen molar-refractivity contribution in [3.05, 3.63) is 0 Å². The van der Waals surface area contributed by atoms with Gasteiger partial charge in [-0.05, 0) is 32.2 Å². The number of aliphatic hydroxyl groups excluding tert-OH is 1. The molecule has 0 aliphatic carbocycles. The molecule has 12 N–H and O–H groups in total. The monoisotopic (exact) mass is 476 g/mol. The van der Waals surface area contributed by atoms with Crippen LogP contribution in [-0.4, -0.2) is 88.2 Å². The van der Waals surface area contributed by atoms with Gasteiger partial charge < -0.3 is 48.5 Å². The van der Waals surface area contributed by atoms with Crippen molar-refractivity contribution >= 4 is 35.6 Å². The molecule has 0 aromatic carbocycles. The zero-order valence-corrected chi connectivity index (χ0v) is 18.0. The van der Waals surface area contributed by atoms with Gasteiger partial charge in [0.25, 0.3) is 0 Å². The van der Waals surface area contributed by atoms with Crippen molar-refractivity contribution in [1.82, 2.24) is 16.0 Å². The average Bonchev–Trinajstić information content (AvgIpc) is 2.73. The Kier molecular flexibility index (Phi) is 13.9. The number of hydrogen-bond acceptors (Lipinski definition) is 9. The average molecular weight is 476 g/mol. The number of aliphatic hydroxyl groups is 1. The number of hydrogen-bond donors (Lipinski definition) is 9. The second kappa shape index (κ2) is 15.5. The Morgan fingerprint density at radius 3 is 1.82 bits per heavy atom. The minimum Gasteiger partial charge on any atom is -0.481 e. The van der Waals surface area contributed by atoms with Gasteiger partial charge in [-0.2, -0.15) is 0 Å². The van der Waals surface area contributed by atoms with Gasteiger partial charge in [0.05, 0.1) is 19.1 Å². The normalized spacial score (nSPS) is 14.3. The van der Waals surface area contributed by atoms with E-state index in [4.69, 9.17) is 27.4 Å². The molecule has 15 nitrogen and oxygen atoms in total. The lowest BCUT2D eigenvalue weighted by atomic mass is 10.1. The molecule has 188 valence electrons. The molecule has 4 amide bonds. The lowest BCUT2D eigenvalue weighted by Gasteiger charge is -2.24. The van der Waals surface area contributed by atoms with Crippen LogP contribution in [0.5, 0.6) is 0 Å². The predicted octanol–water partition coefficient (Wildman–Crippen LogP) is -4.29. The van der Waals surface area contributed by atoms with E-state index in [0.29, 0.717) is 19.4 Å². The number of carbonyl (C=O) groups excluding carboxylic acids is 4. The standard InChI is InChI=1S/C18H32N6O9/c19-6-2-1-3-10(22-15(29)9(20)4-5-14(27)28)16(30)24-12(8-25)17(31)23-11(18(32)33)7-13(21)26/h9-12,25H,1-8,19-20H2,(H2,21,26)(H,22,29)(H,23,31)(H,24,30)(H,27,28)(H,32,33)/t9-,10-,11-,12-/m0/s1. The summed E-state index contributed by atoms with van der Waals surface area (Å²) in [7, 11) is 0. The molecule has 0 aromatic rings. The maximum atomic E-state index is 12.7. The van der Waals surface area contributed by atoms with Crippen LogP contribution < -0.4 is 33.2 Å². The van der Waals surface area contributed by atoms with Crippen molar-refractivity contribution < 1.29 is 44.1 Å². The smallest absolute Gasteiger partial charge is 0.326 e. The number of nitrogens with two attached hydrogens (primary N) is 3. The SMILES string of the molecule is NCCCC[C@H](NC(=O)[C@@H](N)CCC(=O)O)C(=O)N[C@@H](CO)C(=O)N[C@@H](CC(N)=O)C(=O)O. The van der Waals surface area contributed by atoms with Gasteiger partial charge >= 0.3 is 11.9 Å². The second-order valence-electron chi connectivity index (χ2n) is 7.20. The van der Waals surface area contributed by atoms with Gasteiger partial charge in [0.1, 0.15) is 18.1 Å². The number of aliphatic carboxylic acids is 2. The highest BCUT2D eigenvalue weighted by Crippen LogP contribution is 2.04. The van der Waals surface area contributed by atoms with Crippen LogP contribution in [0.25, 0.3) is 0 Å². The number of carboxylic acid groups (broad SMARTS) is 2. The van der Waals surface area contributed by atoms with Crippen molar-refractivity contribution in [1.29, 1.82) is 0 Å². The van der Waals surface area contributed by atoms with Crippen LogP contribution in [0.2, 0.25) is 0 Å². The summed E-state index contributed by atoms with van der Waals surface area (Å²) < 4.78 is 0. The number of carboxylic acids is 2. The summed E-state index contributed by atoms with van der Waals surface area (Å²) in [6, 6.07) is -5.66. The first-order valence-corrected chi connectivity index (χ1v) is 10.1. The molecule has 0 radical (unpaired) electrons. The fourth-order valence-corrected chi connectivity index (χ4v) is 2.59. The number of rotatable bonds is 17. The van der Waals surface area contributed by atoms with E-state index in [1.165, 1.54) is 0 Å². The van der Waals surface area contributed by atoms with E-state index in [0.717, 1.165) is 0 Å². The maximum Gasteiger partial charge on any atom is 0.326 e. The molecule has 15 heteroatoms. The quantitative estimate of drug-likeness (QED) is 0.0905. The van der Waals surface area contributed by atoms with Gasteiger partial charge in [0, 0.05) is 6.42 Å². The van der Waals surface area contributed by atoms with Gasteiger partial charge in [-0.3, -0.25) is 24.0 Å². The Morgan fingerprint density at radius 2 is 1.33 bits per heavy atom. The fraction of sp³-hybridized carbons (Fsp3) is 0.667. The summed E-state index contributed by atoms with van der Waals surface area (Å²) in [4.78, 5) is 70.0. The van der Waals surface area contributed by atoms with Crippen LogP contribution in [0.15, 0.2) is 0 Å². The molecule has 0 aliphatic rings. The summed E-state index contributed by atoms with van der Waals surface area (Å²) in [6.45, 7) is -0.597. The number of nitrogens with one attached hydrogen (secondary N) is 3. The molecule has 0 fully saturated rings. The van der Waals surface area contributed by atoms with E-state index in [-0.39, 0.29) is 19.3 Å². The van der Waals surface area contributed by atoms with E-state index in [1.54, 1.807) is 0 Å². The second-order valence-corrected chi connectivity index (χ2v) is 7.20. The lowest BCUT2D eigenvalue weighted by molar-refractivity contribution is -0.144. The fourth-order valence-electron chi connectivity index (χ4n) is 2.59. The van der Waals surface area contributed by atoms with Crippen molar-refractivity contribution in [3.8, 4) is 0 Å². The number of unbranched alkanes of at least 4 members (excludes halogenated alkanes) is 1. The number of carbonyl (C=O) groups is 6. The Morgan fingerprint density at radius 1 is 0.788 bits per heavy atom. The molecule has 0 saturated heterocycles. The zero-order valence-electron chi connectivity index (χ0n) is 18.0. The van der Waals surface area contributed by atoms with E-state index in [9.17, 15) is 33.9 Å². The van der Waals surface area contributed by atoms with Crippen molar-refractivity contribution in [2.24, 2.45) is 17.2 Å². The topological polar surface area (TPSA) is 277 Å². The molecule has 0 rings (SSSR count). The van der Waals surface area contributed by atoms with E-state index >= 15 is 0 Å². The molecule has 0 spiro atoms. The summed E-state index contributed by atoms with van der Waals surface area (Å²) >= 11 is 0. The molecular weight excluding hydrogens is 444 g/mol. The van der Waals surface area contributed by atoms with Gasteiger partial charge in [-0.1, -0.05) is 0 Å². The Hall–Kier alpha value is -3.30. The van der Waals surface area contributed by atoms with Crippen molar-refractivity contribution in [2.75, 3.05) is 13.2 Å². The van der Waals surface area contributed by atoms with Crippen molar-refractivity contribution in [2.45, 2.75) is 62.7 Å². The first-order chi connectivity index (χ1) is 15.4. The maximum absolute atomic E-state index is 12.7.